The number of aliphatic hydroxyl groups is 2. The fourth-order valence-electron chi connectivity index (χ4n) is 2.66. The number of fused-ring (bicyclic) bond motifs is 1. The average molecular weight is 465 g/mol. The number of aliphatic hydroxyl groups excluding tert-OH is 2. The van der Waals surface area contributed by atoms with E-state index < -0.39 is 51.6 Å². The van der Waals surface area contributed by atoms with E-state index >= 15 is 0 Å². The predicted octanol–water partition coefficient (Wildman–Crippen LogP) is 1.07. The Bertz CT molecular complexity index is 471. The molecular formula is C12H15Cl5O8. The lowest BCUT2D eigenvalue weighted by molar-refractivity contribution is -0.331. The number of alkyl halides is 5. The third-order valence-electron chi connectivity index (χ3n) is 3.83. The zero-order valence-corrected chi connectivity index (χ0v) is 16.2. The summed E-state index contributed by atoms with van der Waals surface area (Å²) >= 11 is 28.7. The maximum Gasteiger partial charge on any atom is 0.315 e. The van der Waals surface area contributed by atoms with Gasteiger partial charge >= 0.3 is 5.97 Å². The summed E-state index contributed by atoms with van der Waals surface area (Å²) in [6, 6.07) is 0. The first kappa shape index (κ1) is 20.9. The quantitative estimate of drug-likeness (QED) is 0.584. The third-order valence-corrected chi connectivity index (χ3v) is 4.90. The molecule has 3 saturated heterocycles. The van der Waals surface area contributed by atoms with Gasteiger partial charge in [-0.2, -0.15) is 0 Å². The van der Waals surface area contributed by atoms with Crippen LogP contribution in [0.15, 0.2) is 0 Å². The van der Waals surface area contributed by atoms with Gasteiger partial charge in [-0.1, -0.05) is 58.0 Å². The first-order valence-corrected chi connectivity index (χ1v) is 9.24. The summed E-state index contributed by atoms with van der Waals surface area (Å²) in [5.41, 5.74) is 0. The SMILES string of the molecule is O[C@H]1[C@H]([C@H](O)COC2(C(Cl)Cl)OCCO2)O[C@@H]2O[C@@H](C(Cl)(Cl)Cl)O[C@@H]21. The topological polar surface area (TPSA) is 95.8 Å². The lowest BCUT2D eigenvalue weighted by Crippen LogP contribution is -2.47. The van der Waals surface area contributed by atoms with Crippen LogP contribution in [0.3, 0.4) is 0 Å². The van der Waals surface area contributed by atoms with Crippen LogP contribution in [-0.4, -0.2) is 81.6 Å². The van der Waals surface area contributed by atoms with E-state index in [2.05, 4.69) is 0 Å². The molecule has 13 heteroatoms. The van der Waals surface area contributed by atoms with Gasteiger partial charge in [0.2, 0.25) is 10.1 Å². The van der Waals surface area contributed by atoms with E-state index in [1.54, 1.807) is 0 Å². The zero-order chi connectivity index (χ0) is 18.4. The molecular weight excluding hydrogens is 449 g/mol. The minimum Gasteiger partial charge on any atom is -0.388 e. The Morgan fingerprint density at radius 3 is 2.28 bits per heavy atom. The van der Waals surface area contributed by atoms with Gasteiger partial charge in [0.05, 0.1) is 19.8 Å². The summed E-state index contributed by atoms with van der Waals surface area (Å²) in [5, 5.41) is 20.5. The largest absolute Gasteiger partial charge is 0.388 e. The summed E-state index contributed by atoms with van der Waals surface area (Å²) in [6.07, 6.45) is -6.73. The summed E-state index contributed by atoms with van der Waals surface area (Å²) < 4.78 is 30.1. The van der Waals surface area contributed by atoms with Crippen molar-refractivity contribution in [2.45, 2.75) is 51.6 Å². The molecule has 146 valence electrons. The molecule has 0 aromatic heterocycles. The Hall–Kier alpha value is 1.13. The maximum atomic E-state index is 10.3. The average Bonchev–Trinajstić information content (AvgIpc) is 3.21. The summed E-state index contributed by atoms with van der Waals surface area (Å²) in [5.74, 6) is -1.68. The highest BCUT2D eigenvalue weighted by atomic mass is 35.6. The Labute approximate surface area is 168 Å². The van der Waals surface area contributed by atoms with E-state index in [0.29, 0.717) is 0 Å². The Kier molecular flexibility index (Phi) is 6.56. The lowest BCUT2D eigenvalue weighted by atomic mass is 10.1. The van der Waals surface area contributed by atoms with Crippen molar-refractivity contribution in [2.75, 3.05) is 19.8 Å². The van der Waals surface area contributed by atoms with E-state index in [4.69, 9.17) is 86.4 Å². The van der Waals surface area contributed by atoms with Gasteiger partial charge in [-0.25, -0.2) is 0 Å². The number of hydrogen-bond donors (Lipinski definition) is 2. The number of ether oxygens (including phenoxy) is 6. The van der Waals surface area contributed by atoms with Crippen LogP contribution < -0.4 is 0 Å². The molecule has 0 saturated carbocycles. The van der Waals surface area contributed by atoms with Crippen LogP contribution in [0.25, 0.3) is 0 Å². The molecule has 0 bridgehead atoms. The molecule has 0 aromatic rings. The summed E-state index contributed by atoms with van der Waals surface area (Å²) in [7, 11) is 0. The Balaban J connectivity index is 1.55. The van der Waals surface area contributed by atoms with Gasteiger partial charge in [-0.15, -0.1) is 0 Å². The van der Waals surface area contributed by atoms with Crippen molar-refractivity contribution in [3.8, 4) is 0 Å². The fraction of sp³-hybridized carbons (Fsp3) is 1.00. The van der Waals surface area contributed by atoms with Gasteiger partial charge in [0.25, 0.3) is 0 Å². The molecule has 0 unspecified atom stereocenters. The molecule has 25 heavy (non-hydrogen) atoms. The summed E-state index contributed by atoms with van der Waals surface area (Å²) in [6.45, 7) is 0.128. The van der Waals surface area contributed by atoms with Crippen molar-refractivity contribution in [3.05, 3.63) is 0 Å². The smallest absolute Gasteiger partial charge is 0.315 e. The van der Waals surface area contributed by atoms with Gasteiger partial charge in [0.1, 0.15) is 24.4 Å². The molecule has 0 spiro atoms. The van der Waals surface area contributed by atoms with Crippen molar-refractivity contribution in [1.29, 1.82) is 0 Å². The van der Waals surface area contributed by atoms with E-state index in [1.165, 1.54) is 0 Å². The summed E-state index contributed by atoms with van der Waals surface area (Å²) in [4.78, 5) is -1.15. The Morgan fingerprint density at radius 2 is 1.76 bits per heavy atom. The van der Waals surface area contributed by atoms with Gasteiger partial charge < -0.3 is 38.6 Å². The lowest BCUT2D eigenvalue weighted by Gasteiger charge is -2.31. The van der Waals surface area contributed by atoms with E-state index in [1.807, 2.05) is 0 Å². The van der Waals surface area contributed by atoms with Crippen molar-refractivity contribution in [2.24, 2.45) is 0 Å². The molecule has 8 nitrogen and oxygen atoms in total. The fourth-order valence-corrected chi connectivity index (χ4v) is 3.35. The number of hydrogen-bond acceptors (Lipinski definition) is 8. The molecule has 0 radical (unpaired) electrons. The maximum absolute atomic E-state index is 10.3. The minimum atomic E-state index is -1.84. The molecule has 0 aromatic carbocycles. The molecule has 3 aliphatic heterocycles. The third kappa shape index (κ3) is 4.27. The predicted molar refractivity (Wildman–Crippen MR) is 86.8 cm³/mol. The van der Waals surface area contributed by atoms with E-state index in [9.17, 15) is 10.2 Å². The molecule has 3 aliphatic rings. The van der Waals surface area contributed by atoms with Crippen LogP contribution in [0.4, 0.5) is 0 Å². The van der Waals surface area contributed by atoms with Crippen molar-refractivity contribution in [3.63, 3.8) is 0 Å². The van der Waals surface area contributed by atoms with Crippen molar-refractivity contribution < 1.29 is 38.6 Å². The highest BCUT2D eigenvalue weighted by Crippen LogP contribution is 2.43. The number of halogens is 5. The highest BCUT2D eigenvalue weighted by Gasteiger charge is 2.57. The van der Waals surface area contributed by atoms with Crippen LogP contribution in [0.2, 0.25) is 0 Å². The highest BCUT2D eigenvalue weighted by molar-refractivity contribution is 6.67. The van der Waals surface area contributed by atoms with Gasteiger partial charge in [-0.3, -0.25) is 0 Å². The first-order valence-electron chi connectivity index (χ1n) is 7.23. The molecule has 0 amide bonds. The monoisotopic (exact) mass is 462 g/mol. The molecule has 6 atom stereocenters. The number of rotatable bonds is 5. The van der Waals surface area contributed by atoms with Crippen LogP contribution in [0.5, 0.6) is 0 Å². The molecule has 0 aliphatic carbocycles. The second kappa shape index (κ2) is 7.87. The van der Waals surface area contributed by atoms with Crippen molar-refractivity contribution >= 4 is 58.0 Å². The Morgan fingerprint density at radius 1 is 1.12 bits per heavy atom. The molecule has 3 fully saturated rings. The van der Waals surface area contributed by atoms with E-state index in [-0.39, 0.29) is 19.8 Å². The standard InChI is InChI=1S/C12H15Cl5O8/c13-9(14)12(20-1-2-21-12)22-3-4(18)6-5(19)7-8(23-6)25-10(24-7)11(15,16)17/h4-10,18-19H,1-3H2/t4-,5+,6+,7-,8-,10+/m1/s1. The molecule has 3 rings (SSSR count). The van der Waals surface area contributed by atoms with Crippen LogP contribution in [0, 0.1) is 0 Å². The molecule has 2 N–H and O–H groups in total. The second-order valence-electron chi connectivity index (χ2n) is 5.55. The second-order valence-corrected chi connectivity index (χ2v) is 9.01. The van der Waals surface area contributed by atoms with Crippen molar-refractivity contribution in [1.82, 2.24) is 0 Å². The van der Waals surface area contributed by atoms with Gasteiger partial charge in [0, 0.05) is 0 Å². The zero-order valence-electron chi connectivity index (χ0n) is 12.4. The first-order chi connectivity index (χ1) is 11.6. The normalized spacial score (nSPS) is 39.1. The van der Waals surface area contributed by atoms with Gasteiger partial charge in [0.15, 0.2) is 11.1 Å². The van der Waals surface area contributed by atoms with E-state index in [0.717, 1.165) is 0 Å². The van der Waals surface area contributed by atoms with Crippen LogP contribution in [0.1, 0.15) is 0 Å². The minimum absolute atomic E-state index is 0.235. The molecule has 3 heterocycles. The van der Waals surface area contributed by atoms with Crippen LogP contribution >= 0.6 is 58.0 Å². The van der Waals surface area contributed by atoms with Crippen LogP contribution in [-0.2, 0) is 28.4 Å². The van der Waals surface area contributed by atoms with Gasteiger partial charge in [-0.05, 0) is 0 Å².